The molecule has 0 aliphatic heterocycles. The molecule has 7 heteroatoms. The Morgan fingerprint density at radius 3 is 2.32 bits per heavy atom. The average Bonchev–Trinajstić information content (AvgIpc) is 3.39. The van der Waals surface area contributed by atoms with Gasteiger partial charge in [-0.25, -0.2) is 9.37 Å². The fourth-order valence-electron chi connectivity index (χ4n) is 5.62. The number of fused-ring (bicyclic) bond motifs is 3. The average molecular weight is 870 g/mol. The molecule has 0 spiro atoms. The Morgan fingerprint density at radius 2 is 1.66 bits per heavy atom. The second-order valence-corrected chi connectivity index (χ2v) is 25.1. The Morgan fingerprint density at radius 1 is 0.915 bits per heavy atom. The third-order valence-electron chi connectivity index (χ3n) is 7.62. The maximum atomic E-state index is 14.3. The van der Waals surface area contributed by atoms with Crippen LogP contribution in [0, 0.1) is 36.1 Å². The molecule has 6 aromatic rings. The molecule has 0 atom stereocenters. The molecule has 4 nitrogen and oxygen atoms in total. The number of benzene rings is 2. The summed E-state index contributed by atoms with van der Waals surface area (Å²) in [4.78, 5) is 13.1. The van der Waals surface area contributed by atoms with Gasteiger partial charge in [-0.15, -0.1) is 18.2 Å². The van der Waals surface area contributed by atoms with Crippen LogP contribution in [0.25, 0.3) is 44.6 Å². The van der Waals surface area contributed by atoms with Gasteiger partial charge in [-0.2, -0.15) is 0 Å². The molecule has 2 aromatic carbocycles. The van der Waals surface area contributed by atoms with Crippen molar-refractivity contribution in [2.45, 2.75) is 71.6 Å². The van der Waals surface area contributed by atoms with Crippen molar-refractivity contribution in [3.63, 3.8) is 0 Å². The molecule has 6 rings (SSSR count). The second kappa shape index (κ2) is 14.9. The molecule has 0 N–H and O–H groups in total. The minimum absolute atomic E-state index is 0. The Labute approximate surface area is 299 Å². The third kappa shape index (κ3) is 9.04. The first kappa shape index (κ1) is 32.4. The summed E-state index contributed by atoms with van der Waals surface area (Å²) >= 11 is -1.86. The first-order valence-corrected chi connectivity index (χ1v) is 23.1. The number of hydrogen-bond acceptors (Lipinski definition) is 4. The summed E-state index contributed by atoms with van der Waals surface area (Å²) in [7, 11) is 0. The summed E-state index contributed by atoms with van der Waals surface area (Å²) in [5, 5.41) is 1.49. The topological polar surface area (TPSA) is 51.8 Å². The molecule has 1 radical (unpaired) electrons. The molecular formula is C40H44FGeIrN3O-2. The largest absolute Gasteiger partial charge is 0.486 e. The van der Waals surface area contributed by atoms with Crippen molar-refractivity contribution in [1.29, 1.82) is 0 Å². The second-order valence-electron chi connectivity index (χ2n) is 14.5. The van der Waals surface area contributed by atoms with Gasteiger partial charge in [0.25, 0.3) is 0 Å². The van der Waals surface area contributed by atoms with Gasteiger partial charge in [0.15, 0.2) is 0 Å². The van der Waals surface area contributed by atoms with Gasteiger partial charge >= 0.3 is 126 Å². The maximum absolute atomic E-state index is 14.3. The van der Waals surface area contributed by atoms with E-state index in [0.717, 1.165) is 23.1 Å². The predicted molar refractivity (Wildman–Crippen MR) is 191 cm³/mol. The maximum Gasteiger partial charge on any atom is 0.216 e. The molecule has 47 heavy (non-hydrogen) atoms. The minimum atomic E-state index is -2.32. The monoisotopic (exact) mass is 871 g/mol. The van der Waals surface area contributed by atoms with Gasteiger partial charge in [0.05, 0.1) is 11.8 Å². The summed E-state index contributed by atoms with van der Waals surface area (Å²) in [6, 6.07) is 25.3. The molecule has 0 aliphatic rings. The number of hydrogen-bond donors (Lipinski definition) is 0. The fraction of sp³-hybridized carbons (Fsp3) is 0.325. The number of pyridine rings is 3. The molecule has 4 aromatic heterocycles. The van der Waals surface area contributed by atoms with E-state index in [-0.39, 0.29) is 42.7 Å². The molecule has 0 bridgehead atoms. The van der Waals surface area contributed by atoms with Gasteiger partial charge in [0, 0.05) is 35.3 Å². The predicted octanol–water partition coefficient (Wildman–Crippen LogP) is 10.2. The van der Waals surface area contributed by atoms with Crippen LogP contribution in [0.15, 0.2) is 77.5 Å². The smallest absolute Gasteiger partial charge is 0.216 e. The van der Waals surface area contributed by atoms with E-state index in [4.69, 9.17) is 13.5 Å². The van der Waals surface area contributed by atoms with E-state index in [0.29, 0.717) is 40.1 Å². The van der Waals surface area contributed by atoms with Crippen LogP contribution in [0.3, 0.4) is 0 Å². The molecule has 0 aliphatic carbocycles. The number of halogens is 1. The minimum Gasteiger partial charge on any atom is -0.486 e. The zero-order valence-corrected chi connectivity index (χ0v) is 32.9. The van der Waals surface area contributed by atoms with E-state index in [1.807, 2.05) is 45.0 Å². The summed E-state index contributed by atoms with van der Waals surface area (Å²) in [6.07, 6.45) is 5.05. The Kier molecular flexibility index (Phi) is 10.3. The zero-order valence-electron chi connectivity index (χ0n) is 31.4. The van der Waals surface area contributed by atoms with E-state index in [9.17, 15) is 4.39 Å². The van der Waals surface area contributed by atoms with Crippen LogP contribution in [0.2, 0.25) is 17.3 Å². The summed E-state index contributed by atoms with van der Waals surface area (Å²) in [5.74, 6) is 7.65. The standard InChI is InChI=1S/C22H20FN2O.C18H24GeN.Ir/c1-13-8-9-16-15-6-5-7-17(20(15)26-21(16)25-13)19-10-14(11-22(2,3)4)18(23)12-24-19;1-14(2)11-16-12-18(15-9-7-6-8-10-15)20-13-17(16)19(3,4)5;/h5-6,8-10,12H,11H2,1-4H3;6-9,12-14H,11H2,1-5H3;/q2*-1;/i1D3;;. The summed E-state index contributed by atoms with van der Waals surface area (Å²) in [6.45, 7) is 8.40. The van der Waals surface area contributed by atoms with Gasteiger partial charge < -0.3 is 9.40 Å². The summed E-state index contributed by atoms with van der Waals surface area (Å²) < 4.78 is 44.4. The number of nitrogens with zero attached hydrogens (tertiary/aromatic N) is 3. The first-order valence-electron chi connectivity index (χ1n) is 17.3. The van der Waals surface area contributed by atoms with Crippen molar-refractivity contribution in [2.75, 3.05) is 0 Å². The number of furan rings is 1. The number of rotatable bonds is 6. The van der Waals surface area contributed by atoms with Crippen molar-refractivity contribution < 1.29 is 33.0 Å². The van der Waals surface area contributed by atoms with Crippen molar-refractivity contribution in [3.8, 4) is 22.5 Å². The van der Waals surface area contributed by atoms with Crippen molar-refractivity contribution in [1.82, 2.24) is 15.0 Å². The molecule has 247 valence electrons. The van der Waals surface area contributed by atoms with Gasteiger partial charge in [0.2, 0.25) is 5.71 Å². The first-order chi connectivity index (χ1) is 22.9. The van der Waals surface area contributed by atoms with Gasteiger partial charge in [-0.05, 0) is 42.1 Å². The molecule has 0 amide bonds. The van der Waals surface area contributed by atoms with Gasteiger partial charge in [-0.1, -0.05) is 37.8 Å². The van der Waals surface area contributed by atoms with Crippen molar-refractivity contribution >= 4 is 39.7 Å². The van der Waals surface area contributed by atoms with Crippen LogP contribution in [0.4, 0.5) is 4.39 Å². The fourth-order valence-corrected chi connectivity index (χ4v) is 8.95. The molecule has 0 saturated carbocycles. The summed E-state index contributed by atoms with van der Waals surface area (Å²) in [5.41, 5.74) is 5.98. The number of aryl methyl sites for hydroxylation is 1. The normalized spacial score (nSPS) is 13.0. The van der Waals surface area contributed by atoms with E-state index >= 15 is 0 Å². The molecule has 0 saturated heterocycles. The Hall–Kier alpha value is -3.19. The van der Waals surface area contributed by atoms with Crippen molar-refractivity contribution in [3.05, 3.63) is 108 Å². The van der Waals surface area contributed by atoms with Gasteiger partial charge in [0.1, 0.15) is 5.82 Å². The number of aromatic nitrogens is 3. The molecule has 0 fully saturated rings. The van der Waals surface area contributed by atoms with E-state index < -0.39 is 20.1 Å². The van der Waals surface area contributed by atoms with Crippen LogP contribution in [-0.4, -0.2) is 28.2 Å². The van der Waals surface area contributed by atoms with Crippen LogP contribution in [0.1, 0.15) is 55.6 Å². The van der Waals surface area contributed by atoms with Crippen LogP contribution in [-0.2, 0) is 32.9 Å². The van der Waals surface area contributed by atoms with Crippen LogP contribution < -0.4 is 4.40 Å². The van der Waals surface area contributed by atoms with E-state index in [1.54, 1.807) is 22.6 Å². The van der Waals surface area contributed by atoms with Crippen LogP contribution >= 0.6 is 0 Å². The molecular weight excluding hydrogens is 822 g/mol. The van der Waals surface area contributed by atoms with E-state index in [2.05, 4.69) is 71.5 Å². The SMILES string of the molecule is CC(C)Cc1cc(-c2[c-]cccc2)nc[c]1[Ge]([CH3])([CH3])[CH3].[2H]C([2H])([2H])c1ccc2c(n1)oc1c(-c3cc(CC(C)(C)C)c(F)cn3)[c-]ccc12.[Ir]. The van der Waals surface area contributed by atoms with E-state index in [1.165, 1.54) is 17.8 Å². The molecule has 0 unspecified atom stereocenters. The Balaban J connectivity index is 0.000000236. The quantitative estimate of drug-likeness (QED) is 0.124. The third-order valence-corrected chi connectivity index (χ3v) is 12.0. The Bertz CT molecular complexity index is 2080. The van der Waals surface area contributed by atoms with Crippen molar-refractivity contribution in [2.24, 2.45) is 11.3 Å². The van der Waals surface area contributed by atoms with Crippen LogP contribution in [0.5, 0.6) is 0 Å². The zero-order chi connectivity index (χ0) is 35.7. The molecule has 4 heterocycles. The van der Waals surface area contributed by atoms with Gasteiger partial charge in [-0.3, -0.25) is 0 Å².